The van der Waals surface area contributed by atoms with Gasteiger partial charge in [-0.2, -0.15) is 10.1 Å². The van der Waals surface area contributed by atoms with Crippen LogP contribution in [0.25, 0.3) is 0 Å². The van der Waals surface area contributed by atoms with Crippen molar-refractivity contribution < 1.29 is 4.79 Å². The monoisotopic (exact) mass is 174 g/mol. The summed E-state index contributed by atoms with van der Waals surface area (Å²) < 4.78 is 0. The predicted molar refractivity (Wildman–Crippen MR) is 41.3 cm³/mol. The van der Waals surface area contributed by atoms with Gasteiger partial charge in [0.25, 0.3) is 0 Å². The molecular formula is C3H10N8O. The fraction of sp³-hybridized carbons (Fsp3) is 0. The number of urea groups is 1. The molecule has 0 unspecified atom stereocenters. The van der Waals surface area contributed by atoms with Crippen LogP contribution in [0.15, 0.2) is 0 Å². The second-order valence-electron chi connectivity index (χ2n) is 1.77. The Balaban J connectivity index is 4.63. The van der Waals surface area contributed by atoms with Gasteiger partial charge < -0.3 is 17.2 Å². The molecule has 0 spiro atoms. The smallest absolute Gasteiger partial charge is 0.342 e. The van der Waals surface area contributed by atoms with Crippen molar-refractivity contribution in [2.45, 2.75) is 0 Å². The molecule has 0 aromatic carbocycles. The molecule has 9 heteroatoms. The van der Waals surface area contributed by atoms with E-state index in [4.69, 9.17) is 33.9 Å². The van der Waals surface area contributed by atoms with Crippen molar-refractivity contribution in [2.24, 2.45) is 23.0 Å². The molecule has 0 aliphatic carbocycles. The summed E-state index contributed by atoms with van der Waals surface area (Å²) >= 11 is 0. The second kappa shape index (κ2) is 3.39. The summed E-state index contributed by atoms with van der Waals surface area (Å²) in [5.74, 6) is 3.67. The number of hydrazine groups is 2. The van der Waals surface area contributed by atoms with Gasteiger partial charge in [-0.3, -0.25) is 10.8 Å². The van der Waals surface area contributed by atoms with Crippen molar-refractivity contribution in [1.82, 2.24) is 10.1 Å². The van der Waals surface area contributed by atoms with E-state index < -0.39 is 18.0 Å². The average Bonchev–Trinajstić information content (AvgIpc) is 1.85. The Labute approximate surface area is 67.8 Å². The van der Waals surface area contributed by atoms with E-state index in [1.807, 2.05) is 0 Å². The highest BCUT2D eigenvalue weighted by atomic mass is 16.2. The number of amides is 2. The van der Waals surface area contributed by atoms with Gasteiger partial charge in [-0.1, -0.05) is 0 Å². The first-order valence-electron chi connectivity index (χ1n) is 2.70. The number of rotatable bonds is 0. The van der Waals surface area contributed by atoms with Gasteiger partial charge in [0.15, 0.2) is 0 Å². The molecule has 0 fully saturated rings. The average molecular weight is 174 g/mol. The zero-order valence-electron chi connectivity index (χ0n) is 6.11. The molecule has 0 aromatic rings. The summed E-state index contributed by atoms with van der Waals surface area (Å²) in [7, 11) is 0. The van der Waals surface area contributed by atoms with Gasteiger partial charge in [0.05, 0.1) is 0 Å². The number of hydrogen-bond donors (Lipinski definition) is 6. The standard InChI is InChI=1S/C3H10N8O/c4-1(5)10(3(8)12)11(9)2(6)7/h9H2,(H3,4,5)(H3,6,7)(H2,8,12). The van der Waals surface area contributed by atoms with Crippen LogP contribution in [0.4, 0.5) is 4.79 Å². The lowest BCUT2D eigenvalue weighted by atomic mass is 10.8. The fourth-order valence-electron chi connectivity index (χ4n) is 0.449. The Morgan fingerprint density at radius 1 is 1.08 bits per heavy atom. The molecule has 0 aliphatic rings. The highest BCUT2D eigenvalue weighted by Crippen LogP contribution is 1.88. The van der Waals surface area contributed by atoms with Crippen molar-refractivity contribution in [3.63, 3.8) is 0 Å². The van der Waals surface area contributed by atoms with Gasteiger partial charge >= 0.3 is 6.03 Å². The normalized spacial score (nSPS) is 8.75. The number of hydrogen-bond acceptors (Lipinski definition) is 4. The lowest BCUT2D eigenvalue weighted by Gasteiger charge is -2.26. The van der Waals surface area contributed by atoms with Crippen LogP contribution in [-0.4, -0.2) is 28.1 Å². The van der Waals surface area contributed by atoms with Crippen LogP contribution in [0.2, 0.25) is 0 Å². The topological polar surface area (TPSA) is 175 Å². The van der Waals surface area contributed by atoms with Crippen LogP contribution < -0.4 is 23.0 Å². The molecule has 0 bridgehead atoms. The van der Waals surface area contributed by atoms with Gasteiger partial charge in [-0.15, -0.1) is 0 Å². The van der Waals surface area contributed by atoms with Gasteiger partial charge in [0, 0.05) is 0 Å². The third-order valence-electron chi connectivity index (χ3n) is 0.899. The van der Waals surface area contributed by atoms with Gasteiger partial charge in [0.1, 0.15) is 0 Å². The molecule has 0 saturated heterocycles. The number of nitrogens with zero attached hydrogens (tertiary/aromatic N) is 2. The Morgan fingerprint density at radius 2 is 1.50 bits per heavy atom. The molecule has 0 radical (unpaired) electrons. The van der Waals surface area contributed by atoms with Crippen LogP contribution >= 0.6 is 0 Å². The van der Waals surface area contributed by atoms with Gasteiger partial charge in [-0.25, -0.2) is 10.6 Å². The Kier molecular flexibility index (Phi) is 2.81. The first-order valence-corrected chi connectivity index (χ1v) is 2.70. The lowest BCUT2D eigenvalue weighted by molar-refractivity contribution is 0.145. The first-order chi connectivity index (χ1) is 5.37. The van der Waals surface area contributed by atoms with Crippen molar-refractivity contribution in [3.8, 4) is 0 Å². The first kappa shape index (κ1) is 9.97. The van der Waals surface area contributed by atoms with E-state index in [1.165, 1.54) is 0 Å². The SMILES string of the molecule is N=C(N)N(N)N(C(=N)N)C(N)=O. The minimum Gasteiger partial charge on any atom is -0.368 e. The molecule has 0 aliphatic heterocycles. The summed E-state index contributed by atoms with van der Waals surface area (Å²) in [6.45, 7) is 0. The summed E-state index contributed by atoms with van der Waals surface area (Å²) in [5, 5.41) is 14.3. The van der Waals surface area contributed by atoms with Gasteiger partial charge in [0.2, 0.25) is 11.9 Å². The Morgan fingerprint density at radius 3 is 1.58 bits per heavy atom. The summed E-state index contributed by atoms with van der Waals surface area (Å²) in [6, 6.07) is -1.10. The van der Waals surface area contributed by atoms with Gasteiger partial charge in [-0.05, 0) is 0 Å². The Hall–Kier alpha value is -2.03. The van der Waals surface area contributed by atoms with E-state index in [2.05, 4.69) is 0 Å². The predicted octanol–water partition coefficient (Wildman–Crippen LogP) is -2.76. The van der Waals surface area contributed by atoms with Crippen molar-refractivity contribution in [2.75, 3.05) is 0 Å². The van der Waals surface area contributed by atoms with E-state index in [9.17, 15) is 4.79 Å². The van der Waals surface area contributed by atoms with E-state index >= 15 is 0 Å². The fourth-order valence-corrected chi connectivity index (χ4v) is 0.449. The number of carbonyl (C=O) groups excluding carboxylic acids is 1. The summed E-state index contributed by atoms with van der Waals surface area (Å²) in [6.07, 6.45) is 0. The van der Waals surface area contributed by atoms with Crippen LogP contribution in [0.1, 0.15) is 0 Å². The molecule has 10 N–H and O–H groups in total. The van der Waals surface area contributed by atoms with Crippen LogP contribution in [0.5, 0.6) is 0 Å². The molecule has 68 valence electrons. The number of guanidine groups is 2. The summed E-state index contributed by atoms with van der Waals surface area (Å²) in [5.41, 5.74) is 14.6. The van der Waals surface area contributed by atoms with Crippen molar-refractivity contribution in [3.05, 3.63) is 0 Å². The van der Waals surface area contributed by atoms with Crippen LogP contribution in [-0.2, 0) is 0 Å². The van der Waals surface area contributed by atoms with Crippen LogP contribution in [0.3, 0.4) is 0 Å². The maximum Gasteiger partial charge on any atom is 0.342 e. The molecule has 0 rings (SSSR count). The number of nitrogens with one attached hydrogen (secondary N) is 2. The minimum atomic E-state index is -1.10. The lowest BCUT2D eigenvalue weighted by Crippen LogP contribution is -2.61. The highest BCUT2D eigenvalue weighted by Gasteiger charge is 2.20. The van der Waals surface area contributed by atoms with E-state index in [0.29, 0.717) is 10.1 Å². The molecule has 0 atom stereocenters. The third kappa shape index (κ3) is 1.98. The largest absolute Gasteiger partial charge is 0.368 e. The Bertz CT molecular complexity index is 208. The number of carbonyl (C=O) groups is 1. The van der Waals surface area contributed by atoms with Crippen molar-refractivity contribution in [1.29, 1.82) is 10.8 Å². The number of primary amides is 1. The maximum atomic E-state index is 10.5. The molecule has 9 nitrogen and oxygen atoms in total. The van der Waals surface area contributed by atoms with Crippen molar-refractivity contribution >= 4 is 18.0 Å². The molecule has 0 saturated carbocycles. The molecule has 12 heavy (non-hydrogen) atoms. The molecule has 0 aromatic heterocycles. The number of nitrogens with two attached hydrogens (primary N) is 4. The third-order valence-corrected chi connectivity index (χ3v) is 0.899. The molecule has 2 amide bonds. The van der Waals surface area contributed by atoms with Crippen LogP contribution in [0, 0.1) is 10.8 Å². The highest BCUT2D eigenvalue weighted by molar-refractivity contribution is 5.94. The summed E-state index contributed by atoms with van der Waals surface area (Å²) in [4.78, 5) is 10.5. The minimum absolute atomic E-state index is 0.336. The molecule has 0 heterocycles. The quantitative estimate of drug-likeness (QED) is 0.101. The molecular weight excluding hydrogens is 164 g/mol. The van der Waals surface area contributed by atoms with E-state index in [1.54, 1.807) is 0 Å². The van der Waals surface area contributed by atoms with E-state index in [-0.39, 0.29) is 0 Å². The second-order valence-corrected chi connectivity index (χ2v) is 1.77. The van der Waals surface area contributed by atoms with E-state index in [0.717, 1.165) is 0 Å². The zero-order chi connectivity index (χ0) is 9.89. The maximum absolute atomic E-state index is 10.5. The zero-order valence-corrected chi connectivity index (χ0v) is 6.11.